The topological polar surface area (TPSA) is 63.3 Å². The zero-order chi connectivity index (χ0) is 25.8. The van der Waals surface area contributed by atoms with Crippen molar-refractivity contribution in [1.82, 2.24) is 4.98 Å². The number of carbonyl (C=O) groups is 1. The molecule has 1 aliphatic carbocycles. The number of furan rings is 1. The number of hydrogen-bond donors (Lipinski definition) is 1. The molecule has 1 aliphatic rings. The van der Waals surface area contributed by atoms with Crippen LogP contribution in [0, 0.1) is 6.07 Å². The molecule has 5 heteroatoms. The first-order chi connectivity index (χ1) is 17.1. The van der Waals surface area contributed by atoms with Crippen LogP contribution in [0.25, 0.3) is 44.0 Å². The summed E-state index contributed by atoms with van der Waals surface area (Å²) in [6.07, 6.45) is 3.17. The van der Waals surface area contributed by atoms with Gasteiger partial charge in [0.15, 0.2) is 5.78 Å². The maximum Gasteiger partial charge on any atom is 0.155 e. The largest absolute Gasteiger partial charge is 0.512 e. The minimum Gasteiger partial charge on any atom is -0.512 e. The van der Waals surface area contributed by atoms with Crippen LogP contribution in [0.2, 0.25) is 0 Å². The van der Waals surface area contributed by atoms with Crippen LogP contribution in [0.1, 0.15) is 64.2 Å². The minimum absolute atomic E-state index is 0. The Labute approximate surface area is 230 Å². The predicted octanol–water partition coefficient (Wildman–Crippen LogP) is 8.40. The van der Waals surface area contributed by atoms with Gasteiger partial charge in [0.2, 0.25) is 0 Å². The first kappa shape index (κ1) is 26.8. The van der Waals surface area contributed by atoms with E-state index in [-0.39, 0.29) is 37.1 Å². The molecule has 0 fully saturated rings. The minimum atomic E-state index is -0.222. The number of carbonyl (C=O) groups excluding carboxylic acids is 1. The monoisotopic (exact) mass is 669 g/mol. The van der Waals surface area contributed by atoms with Gasteiger partial charge in [0.25, 0.3) is 0 Å². The first-order valence-electron chi connectivity index (χ1n) is 12.3. The van der Waals surface area contributed by atoms with Gasteiger partial charge in [-0.15, -0.1) is 17.7 Å². The van der Waals surface area contributed by atoms with E-state index in [2.05, 4.69) is 70.2 Å². The van der Waals surface area contributed by atoms with Gasteiger partial charge in [-0.1, -0.05) is 69.5 Å². The van der Waals surface area contributed by atoms with E-state index < -0.39 is 0 Å². The number of hydrogen-bond acceptors (Lipinski definition) is 4. The summed E-state index contributed by atoms with van der Waals surface area (Å²) in [6.45, 7) is 12.0. The Morgan fingerprint density at radius 1 is 1.08 bits per heavy atom. The number of benzene rings is 3. The Balaban J connectivity index is 0.000000356. The predicted molar refractivity (Wildman–Crippen MR) is 147 cm³/mol. The number of rotatable bonds is 2. The van der Waals surface area contributed by atoms with E-state index in [9.17, 15) is 4.79 Å². The molecule has 3 aromatic carbocycles. The van der Waals surface area contributed by atoms with Crippen molar-refractivity contribution in [3.8, 4) is 11.3 Å². The number of ketones is 1. The Morgan fingerprint density at radius 2 is 1.81 bits per heavy atom. The summed E-state index contributed by atoms with van der Waals surface area (Å²) in [5, 5.41) is 13.2. The second-order valence-electron chi connectivity index (χ2n) is 10.4. The fourth-order valence-electron chi connectivity index (χ4n) is 5.35. The second kappa shape index (κ2) is 9.89. The van der Waals surface area contributed by atoms with Gasteiger partial charge in [-0.2, -0.15) is 0 Å². The zero-order valence-corrected chi connectivity index (χ0v) is 24.3. The summed E-state index contributed by atoms with van der Waals surface area (Å²) in [7, 11) is 0. The number of aromatic nitrogens is 1. The molecule has 0 amide bonds. The average Bonchev–Trinajstić information content (AvgIpc) is 3.17. The number of aliphatic hydroxyl groups excluding tert-OH is 1. The van der Waals surface area contributed by atoms with Gasteiger partial charge in [0.1, 0.15) is 5.58 Å². The third-order valence-corrected chi connectivity index (χ3v) is 6.99. The van der Waals surface area contributed by atoms with Crippen LogP contribution >= 0.6 is 0 Å². The third-order valence-electron chi connectivity index (χ3n) is 6.99. The molecule has 0 saturated carbocycles. The number of allylic oxidation sites excluding steroid dienone is 2. The van der Waals surface area contributed by atoms with Crippen molar-refractivity contribution in [3.05, 3.63) is 89.3 Å². The van der Waals surface area contributed by atoms with E-state index in [0.29, 0.717) is 5.92 Å². The summed E-state index contributed by atoms with van der Waals surface area (Å²) in [6, 6.07) is 20.7. The molecule has 0 bridgehead atoms. The van der Waals surface area contributed by atoms with E-state index in [1.807, 2.05) is 18.3 Å². The molecule has 4 nitrogen and oxygen atoms in total. The molecule has 2 aromatic heterocycles. The molecule has 0 saturated heterocycles. The maximum atomic E-state index is 10.0. The smallest absolute Gasteiger partial charge is 0.155 e. The molecule has 0 unspecified atom stereocenters. The Hall–Kier alpha value is -3.27. The fourth-order valence-corrected chi connectivity index (χ4v) is 5.35. The first-order valence-corrected chi connectivity index (χ1v) is 12.3. The zero-order valence-electron chi connectivity index (χ0n) is 21.9. The van der Waals surface area contributed by atoms with E-state index in [0.717, 1.165) is 27.8 Å². The van der Waals surface area contributed by atoms with E-state index >= 15 is 0 Å². The van der Waals surface area contributed by atoms with Gasteiger partial charge in [-0.3, -0.25) is 4.79 Å². The standard InChI is InChI=1S/C27H22NO.C5H8O2.Ir/c1-15(2)16-11-12-17-14-28-26-18-7-5-9-21-23(18)24-20(8-6-10-22(24)29-21)27(3,4)25(26)19(17)13-16;1-4(6)3-5(2)7;/h5-6,8-15H,1-4H3;3,6H,1-2H3;/q-1;;/b;4-3-;. The molecule has 1 radical (unpaired) electrons. The number of nitrogens with zero attached hydrogens (tertiary/aromatic N) is 1. The second-order valence-corrected chi connectivity index (χ2v) is 10.4. The Kier molecular flexibility index (Phi) is 7.16. The van der Waals surface area contributed by atoms with Crippen molar-refractivity contribution < 1.29 is 34.4 Å². The van der Waals surface area contributed by atoms with Crippen molar-refractivity contribution in [2.24, 2.45) is 0 Å². The van der Waals surface area contributed by atoms with Crippen molar-refractivity contribution in [3.63, 3.8) is 0 Å². The molecule has 1 N–H and O–H groups in total. The van der Waals surface area contributed by atoms with Crippen molar-refractivity contribution >= 4 is 38.5 Å². The van der Waals surface area contributed by atoms with Crippen molar-refractivity contribution in [2.75, 3.05) is 0 Å². The molecule has 2 heterocycles. The summed E-state index contributed by atoms with van der Waals surface area (Å²) < 4.78 is 6.21. The van der Waals surface area contributed by atoms with Crippen LogP contribution in [0.15, 0.2) is 71.0 Å². The van der Waals surface area contributed by atoms with Crippen LogP contribution in [0.3, 0.4) is 0 Å². The van der Waals surface area contributed by atoms with Gasteiger partial charge in [-0.25, -0.2) is 0 Å². The normalized spacial score (nSPS) is 13.8. The number of pyridine rings is 1. The molecule has 0 aliphatic heterocycles. The van der Waals surface area contributed by atoms with Crippen LogP contribution in [-0.2, 0) is 30.3 Å². The van der Waals surface area contributed by atoms with Gasteiger partial charge >= 0.3 is 0 Å². The molecule has 6 rings (SSSR count). The van der Waals surface area contributed by atoms with Crippen LogP contribution in [0.4, 0.5) is 0 Å². The summed E-state index contributed by atoms with van der Waals surface area (Å²) in [4.78, 5) is 15.0. The van der Waals surface area contributed by atoms with Crippen LogP contribution in [0.5, 0.6) is 0 Å². The van der Waals surface area contributed by atoms with E-state index in [4.69, 9.17) is 14.5 Å². The molecule has 0 spiro atoms. The van der Waals surface area contributed by atoms with Crippen LogP contribution < -0.4 is 0 Å². The summed E-state index contributed by atoms with van der Waals surface area (Å²) in [5.74, 6) is 0.418. The molecule has 191 valence electrons. The third kappa shape index (κ3) is 4.52. The quantitative estimate of drug-likeness (QED) is 0.117. The summed E-state index contributed by atoms with van der Waals surface area (Å²) >= 11 is 0. The van der Waals surface area contributed by atoms with Gasteiger partial charge in [0.05, 0.1) is 11.3 Å². The van der Waals surface area contributed by atoms with Gasteiger partial charge in [-0.05, 0) is 64.4 Å². The Bertz CT molecular complexity index is 1690. The molecular weight excluding hydrogens is 639 g/mol. The van der Waals surface area contributed by atoms with Gasteiger partial charge < -0.3 is 14.5 Å². The molecule has 37 heavy (non-hydrogen) atoms. The van der Waals surface area contributed by atoms with Crippen LogP contribution in [-0.4, -0.2) is 15.9 Å². The van der Waals surface area contributed by atoms with E-state index in [1.54, 1.807) is 0 Å². The summed E-state index contributed by atoms with van der Waals surface area (Å²) in [5.41, 5.74) is 7.62. The average molecular weight is 669 g/mol. The number of fused-ring (bicyclic) bond motifs is 4. The molecule has 5 aromatic rings. The maximum absolute atomic E-state index is 10.0. The van der Waals surface area contributed by atoms with E-state index in [1.165, 1.54) is 52.8 Å². The number of aliphatic hydroxyl groups is 1. The van der Waals surface area contributed by atoms with Crippen molar-refractivity contribution in [1.29, 1.82) is 0 Å². The fraction of sp³-hybridized carbons (Fsp3) is 0.250. The van der Waals surface area contributed by atoms with Gasteiger partial charge in [0, 0.05) is 37.8 Å². The Morgan fingerprint density at radius 3 is 2.46 bits per heavy atom. The molecule has 0 atom stereocenters. The molecular formula is C32H30IrNO3-. The van der Waals surface area contributed by atoms with Crippen molar-refractivity contribution in [2.45, 2.75) is 52.9 Å². The SMILES string of the molecule is CC(=O)/C=C(/C)O.CC(C)c1ccc2cnc3c(c2c1)C(C)(C)c1cccc2oc4cc[c-]c-3c4c12.[Ir].